The van der Waals surface area contributed by atoms with Crippen molar-refractivity contribution < 1.29 is 13.2 Å². The van der Waals surface area contributed by atoms with Crippen molar-refractivity contribution in [1.82, 2.24) is 9.29 Å². The molecule has 1 heterocycles. The van der Waals surface area contributed by atoms with E-state index in [-0.39, 0.29) is 11.4 Å². The summed E-state index contributed by atoms with van der Waals surface area (Å²) in [6.07, 6.45) is 2.73. The average molecular weight is 356 g/mol. The van der Waals surface area contributed by atoms with Crippen LogP contribution in [0.5, 0.6) is 0 Å². The lowest BCUT2D eigenvalue weighted by Crippen LogP contribution is -2.33. The van der Waals surface area contributed by atoms with Crippen LogP contribution in [0, 0.1) is 6.92 Å². The fourth-order valence-corrected chi connectivity index (χ4v) is 3.70. The number of rotatable bonds is 5. The van der Waals surface area contributed by atoms with Gasteiger partial charge in [-0.1, -0.05) is 30.7 Å². The van der Waals surface area contributed by atoms with E-state index in [0.29, 0.717) is 0 Å². The number of hydrogen-bond acceptors (Lipinski definition) is 3. The molecule has 1 N–H and O–H groups in total. The minimum absolute atomic E-state index is 0.0555. The van der Waals surface area contributed by atoms with Crippen LogP contribution in [0.15, 0.2) is 59.6 Å². The van der Waals surface area contributed by atoms with Crippen LogP contribution in [0.25, 0.3) is 10.9 Å². The van der Waals surface area contributed by atoms with Crippen molar-refractivity contribution in [3.8, 4) is 0 Å². The molecule has 2 aromatic carbocycles. The number of benzene rings is 2. The fourth-order valence-electron chi connectivity index (χ4n) is 2.72. The number of amides is 1. The zero-order valence-corrected chi connectivity index (χ0v) is 15.0. The molecular weight excluding hydrogens is 336 g/mol. The van der Waals surface area contributed by atoms with E-state index >= 15 is 0 Å². The van der Waals surface area contributed by atoms with E-state index < -0.39 is 15.9 Å². The second-order valence-electron chi connectivity index (χ2n) is 6.03. The van der Waals surface area contributed by atoms with E-state index in [1.807, 2.05) is 25.1 Å². The zero-order chi connectivity index (χ0) is 18.0. The maximum absolute atomic E-state index is 12.3. The molecule has 0 aliphatic carbocycles. The Morgan fingerprint density at radius 2 is 1.80 bits per heavy atom. The Kier molecular flexibility index (Phi) is 4.63. The van der Waals surface area contributed by atoms with Crippen molar-refractivity contribution in [3.05, 3.63) is 65.9 Å². The molecule has 130 valence electrons. The second-order valence-corrected chi connectivity index (χ2v) is 7.71. The van der Waals surface area contributed by atoms with E-state index in [1.54, 1.807) is 22.9 Å². The Morgan fingerprint density at radius 3 is 2.48 bits per heavy atom. The van der Waals surface area contributed by atoms with Crippen LogP contribution < -0.4 is 4.72 Å². The van der Waals surface area contributed by atoms with Crippen LogP contribution in [0.1, 0.15) is 18.1 Å². The normalized spacial score (nSPS) is 11.6. The van der Waals surface area contributed by atoms with Gasteiger partial charge in [-0.3, -0.25) is 4.79 Å². The van der Waals surface area contributed by atoms with Crippen LogP contribution >= 0.6 is 0 Å². The van der Waals surface area contributed by atoms with E-state index in [1.165, 1.54) is 17.7 Å². The third-order valence-corrected chi connectivity index (χ3v) is 5.53. The molecule has 0 saturated heterocycles. The molecule has 0 aliphatic heterocycles. The first-order valence-corrected chi connectivity index (χ1v) is 9.57. The molecule has 1 aromatic heterocycles. The molecule has 0 atom stereocenters. The first kappa shape index (κ1) is 17.2. The third kappa shape index (κ3) is 3.74. The third-order valence-electron chi connectivity index (χ3n) is 4.14. The summed E-state index contributed by atoms with van der Waals surface area (Å²) in [5.41, 5.74) is 3.08. The summed E-state index contributed by atoms with van der Waals surface area (Å²) in [5.74, 6) is -0.572. The molecule has 0 spiro atoms. The highest BCUT2D eigenvalue weighted by Crippen LogP contribution is 2.18. The number of carbonyl (C=O) groups is 1. The van der Waals surface area contributed by atoms with Gasteiger partial charge in [0.25, 0.3) is 15.9 Å². The highest BCUT2D eigenvalue weighted by Gasteiger charge is 2.18. The van der Waals surface area contributed by atoms with Gasteiger partial charge in [0, 0.05) is 11.7 Å². The van der Waals surface area contributed by atoms with E-state index in [2.05, 4.69) is 17.7 Å². The predicted molar refractivity (Wildman–Crippen MR) is 97.8 cm³/mol. The van der Waals surface area contributed by atoms with Crippen LogP contribution in [0.2, 0.25) is 0 Å². The molecular formula is C19H20N2O3S. The molecule has 0 bridgehead atoms. The van der Waals surface area contributed by atoms with E-state index in [4.69, 9.17) is 0 Å². The standard InChI is InChI=1S/C19H20N2O3S/c1-3-15-6-9-18-16(12-15)10-11-21(18)13-19(22)20-25(23,24)17-7-4-14(2)5-8-17/h4-12H,3,13H2,1-2H3,(H,20,22). The molecule has 1 amide bonds. The number of hydrogen-bond donors (Lipinski definition) is 1. The lowest BCUT2D eigenvalue weighted by atomic mass is 10.1. The number of fused-ring (bicyclic) bond motifs is 1. The van der Waals surface area contributed by atoms with Crippen molar-refractivity contribution in [1.29, 1.82) is 0 Å². The Hall–Kier alpha value is -2.60. The van der Waals surface area contributed by atoms with Crippen molar-refractivity contribution in [2.24, 2.45) is 0 Å². The number of nitrogens with one attached hydrogen (secondary N) is 1. The van der Waals surface area contributed by atoms with Gasteiger partial charge in [0.2, 0.25) is 0 Å². The van der Waals surface area contributed by atoms with Crippen LogP contribution in [0.4, 0.5) is 0 Å². The van der Waals surface area contributed by atoms with Crippen molar-refractivity contribution in [3.63, 3.8) is 0 Å². The lowest BCUT2D eigenvalue weighted by molar-refractivity contribution is -0.119. The largest absolute Gasteiger partial charge is 0.338 e. The Bertz CT molecular complexity index is 1020. The molecule has 3 rings (SSSR count). The second kappa shape index (κ2) is 6.72. The van der Waals surface area contributed by atoms with Crippen LogP contribution in [-0.2, 0) is 27.8 Å². The van der Waals surface area contributed by atoms with Gasteiger partial charge in [-0.15, -0.1) is 0 Å². The van der Waals surface area contributed by atoms with Crippen LogP contribution in [-0.4, -0.2) is 18.9 Å². The maximum atomic E-state index is 12.3. The number of aromatic nitrogens is 1. The number of carbonyl (C=O) groups excluding carboxylic acids is 1. The number of sulfonamides is 1. The van der Waals surface area contributed by atoms with Gasteiger partial charge >= 0.3 is 0 Å². The summed E-state index contributed by atoms with van der Waals surface area (Å²) in [6.45, 7) is 3.90. The summed E-state index contributed by atoms with van der Waals surface area (Å²) in [4.78, 5) is 12.3. The zero-order valence-electron chi connectivity index (χ0n) is 14.2. The van der Waals surface area contributed by atoms with Gasteiger partial charge in [-0.25, -0.2) is 13.1 Å². The average Bonchev–Trinajstić information content (AvgIpc) is 2.96. The SMILES string of the molecule is CCc1ccc2c(ccn2CC(=O)NS(=O)(=O)c2ccc(C)cc2)c1. The Balaban J connectivity index is 1.77. The van der Waals surface area contributed by atoms with Gasteiger partial charge < -0.3 is 4.57 Å². The van der Waals surface area contributed by atoms with Gasteiger partial charge in [-0.05, 0) is 54.6 Å². The molecule has 3 aromatic rings. The summed E-state index contributed by atoms with van der Waals surface area (Å²) in [6, 6.07) is 14.3. The lowest BCUT2D eigenvalue weighted by Gasteiger charge is -2.09. The van der Waals surface area contributed by atoms with Gasteiger partial charge in [0.15, 0.2) is 0 Å². The van der Waals surface area contributed by atoms with Crippen molar-refractivity contribution >= 4 is 26.8 Å². The molecule has 6 heteroatoms. The molecule has 0 saturated carbocycles. The molecule has 0 aliphatic rings. The number of aryl methyl sites for hydroxylation is 2. The fraction of sp³-hybridized carbons (Fsp3) is 0.211. The van der Waals surface area contributed by atoms with E-state index in [0.717, 1.165) is 22.9 Å². The Labute approximate surface area is 147 Å². The predicted octanol–water partition coefficient (Wildman–Crippen LogP) is 3.02. The number of nitrogens with zero attached hydrogens (tertiary/aromatic N) is 1. The highest BCUT2D eigenvalue weighted by molar-refractivity contribution is 7.90. The maximum Gasteiger partial charge on any atom is 0.264 e. The topological polar surface area (TPSA) is 68.2 Å². The minimum atomic E-state index is -3.86. The summed E-state index contributed by atoms with van der Waals surface area (Å²) in [7, 11) is -3.86. The quantitative estimate of drug-likeness (QED) is 0.764. The summed E-state index contributed by atoms with van der Waals surface area (Å²) >= 11 is 0. The monoisotopic (exact) mass is 356 g/mol. The summed E-state index contributed by atoms with van der Waals surface area (Å²) < 4.78 is 28.5. The first-order chi connectivity index (χ1) is 11.9. The Morgan fingerprint density at radius 1 is 1.08 bits per heavy atom. The van der Waals surface area contributed by atoms with Gasteiger partial charge in [-0.2, -0.15) is 0 Å². The summed E-state index contributed by atoms with van der Waals surface area (Å²) in [5, 5.41) is 1.04. The molecule has 5 nitrogen and oxygen atoms in total. The molecule has 0 radical (unpaired) electrons. The van der Waals surface area contributed by atoms with E-state index in [9.17, 15) is 13.2 Å². The minimum Gasteiger partial charge on any atom is -0.338 e. The smallest absolute Gasteiger partial charge is 0.264 e. The first-order valence-electron chi connectivity index (χ1n) is 8.09. The molecule has 0 unspecified atom stereocenters. The highest BCUT2D eigenvalue weighted by atomic mass is 32.2. The van der Waals surface area contributed by atoms with Gasteiger partial charge in [0.1, 0.15) is 6.54 Å². The van der Waals surface area contributed by atoms with Gasteiger partial charge in [0.05, 0.1) is 4.90 Å². The van der Waals surface area contributed by atoms with Crippen LogP contribution in [0.3, 0.4) is 0 Å². The van der Waals surface area contributed by atoms with Crippen molar-refractivity contribution in [2.45, 2.75) is 31.7 Å². The van der Waals surface area contributed by atoms with Crippen molar-refractivity contribution in [2.75, 3.05) is 0 Å². The molecule has 0 fully saturated rings. The molecule has 25 heavy (non-hydrogen) atoms.